The Labute approximate surface area is 109 Å². The average Bonchev–Trinajstić information content (AvgIpc) is 2.36. The summed E-state index contributed by atoms with van der Waals surface area (Å²) in [6, 6.07) is 3.11. The topological polar surface area (TPSA) is 92.5 Å². The van der Waals surface area contributed by atoms with Crippen LogP contribution in [0.15, 0.2) is 18.2 Å². The van der Waals surface area contributed by atoms with E-state index in [1.165, 1.54) is 13.0 Å². The summed E-state index contributed by atoms with van der Waals surface area (Å²) in [5, 5.41) is 22.6. The Balaban J connectivity index is 2.95. The largest absolute Gasteiger partial charge is 0.481 e. The van der Waals surface area contributed by atoms with Crippen LogP contribution in [0.25, 0.3) is 0 Å². The van der Waals surface area contributed by atoms with Crippen molar-refractivity contribution in [1.29, 1.82) is 0 Å². The number of nitro benzene ring substituents is 1. The molecule has 1 atom stereocenters. The fourth-order valence-electron chi connectivity index (χ4n) is 1.45. The summed E-state index contributed by atoms with van der Waals surface area (Å²) >= 11 is 0. The monoisotopic (exact) mass is 270 g/mol. The number of hydrogen-bond acceptors (Lipinski definition) is 4. The number of halogens is 1. The van der Waals surface area contributed by atoms with Gasteiger partial charge >= 0.3 is 5.97 Å². The first-order chi connectivity index (χ1) is 8.80. The van der Waals surface area contributed by atoms with Crippen molar-refractivity contribution in [2.24, 2.45) is 5.41 Å². The minimum Gasteiger partial charge on any atom is -0.481 e. The summed E-state index contributed by atoms with van der Waals surface area (Å²) in [7, 11) is 0. The maximum absolute atomic E-state index is 12.9. The Morgan fingerprint density at radius 1 is 1.58 bits per heavy atom. The third-order valence-electron chi connectivity index (χ3n) is 3.12. The van der Waals surface area contributed by atoms with E-state index in [4.69, 9.17) is 5.11 Å². The van der Waals surface area contributed by atoms with Crippen LogP contribution in [0.2, 0.25) is 0 Å². The molecule has 0 aliphatic heterocycles. The zero-order valence-corrected chi connectivity index (χ0v) is 10.6. The van der Waals surface area contributed by atoms with Crippen LogP contribution < -0.4 is 5.32 Å². The van der Waals surface area contributed by atoms with E-state index in [0.29, 0.717) is 6.42 Å². The lowest BCUT2D eigenvalue weighted by Gasteiger charge is -2.23. The number of nitrogens with one attached hydrogen (secondary N) is 1. The minimum atomic E-state index is -1.04. The number of nitro groups is 1. The predicted octanol–water partition coefficient (Wildman–Crippen LogP) is 2.65. The molecule has 104 valence electrons. The number of carboxylic acids is 1. The molecule has 0 amide bonds. The van der Waals surface area contributed by atoms with E-state index in [1.807, 2.05) is 0 Å². The van der Waals surface area contributed by atoms with Crippen molar-refractivity contribution in [3.63, 3.8) is 0 Å². The summed E-state index contributed by atoms with van der Waals surface area (Å²) < 4.78 is 12.9. The smallest absolute Gasteiger partial charge is 0.311 e. The van der Waals surface area contributed by atoms with Crippen molar-refractivity contribution in [3.05, 3.63) is 34.1 Å². The Bertz CT molecular complexity index is 507. The van der Waals surface area contributed by atoms with Gasteiger partial charge in [0.15, 0.2) is 0 Å². The van der Waals surface area contributed by atoms with Gasteiger partial charge in [-0.1, -0.05) is 6.92 Å². The highest BCUT2D eigenvalue weighted by atomic mass is 19.1. The molecule has 1 aromatic carbocycles. The van der Waals surface area contributed by atoms with E-state index >= 15 is 0 Å². The Morgan fingerprint density at radius 3 is 2.68 bits per heavy atom. The molecule has 1 aromatic rings. The average molecular weight is 270 g/mol. The summed E-state index contributed by atoms with van der Waals surface area (Å²) in [5.41, 5.74) is -1.35. The molecule has 0 radical (unpaired) electrons. The van der Waals surface area contributed by atoms with Crippen molar-refractivity contribution in [2.45, 2.75) is 20.3 Å². The zero-order valence-electron chi connectivity index (χ0n) is 10.6. The first-order valence-corrected chi connectivity index (χ1v) is 5.71. The second-order valence-corrected chi connectivity index (χ2v) is 4.49. The summed E-state index contributed by atoms with van der Waals surface area (Å²) in [6.07, 6.45) is 0.365. The molecule has 2 N–H and O–H groups in total. The number of carbonyl (C=O) groups is 1. The van der Waals surface area contributed by atoms with Crippen LogP contribution in [-0.2, 0) is 4.79 Å². The lowest BCUT2D eigenvalue weighted by atomic mass is 9.87. The van der Waals surface area contributed by atoms with Crippen molar-refractivity contribution in [3.8, 4) is 0 Å². The summed E-state index contributed by atoms with van der Waals surface area (Å²) in [5.74, 6) is -1.71. The van der Waals surface area contributed by atoms with Gasteiger partial charge in [0.1, 0.15) is 11.5 Å². The van der Waals surface area contributed by atoms with Gasteiger partial charge in [-0.3, -0.25) is 14.9 Å². The van der Waals surface area contributed by atoms with Crippen LogP contribution in [-0.4, -0.2) is 22.5 Å². The van der Waals surface area contributed by atoms with Gasteiger partial charge in [-0.15, -0.1) is 0 Å². The molecule has 0 saturated heterocycles. The second-order valence-electron chi connectivity index (χ2n) is 4.49. The quantitative estimate of drug-likeness (QED) is 0.612. The van der Waals surface area contributed by atoms with Crippen LogP contribution in [0.1, 0.15) is 20.3 Å². The van der Waals surface area contributed by atoms with Crippen molar-refractivity contribution in [1.82, 2.24) is 0 Å². The molecule has 0 saturated carbocycles. The highest BCUT2D eigenvalue weighted by molar-refractivity contribution is 5.75. The number of anilines is 1. The van der Waals surface area contributed by atoms with Crippen molar-refractivity contribution in [2.75, 3.05) is 11.9 Å². The second kappa shape index (κ2) is 5.64. The Hall–Kier alpha value is -2.18. The SMILES string of the molecule is CCC(C)(CNc1ccc(F)cc1[N+](=O)[O-])C(=O)O. The van der Waals surface area contributed by atoms with Gasteiger partial charge < -0.3 is 10.4 Å². The normalized spacial score (nSPS) is 13.6. The molecule has 0 aliphatic rings. The van der Waals surface area contributed by atoms with Crippen LogP contribution in [0.5, 0.6) is 0 Å². The van der Waals surface area contributed by atoms with E-state index in [-0.39, 0.29) is 12.2 Å². The van der Waals surface area contributed by atoms with Gasteiger partial charge in [0, 0.05) is 6.54 Å². The van der Waals surface area contributed by atoms with E-state index in [2.05, 4.69) is 5.32 Å². The first kappa shape index (κ1) is 14.9. The fraction of sp³-hybridized carbons (Fsp3) is 0.417. The number of benzene rings is 1. The molecule has 1 unspecified atom stereocenters. The molecule has 6 nitrogen and oxygen atoms in total. The van der Waals surface area contributed by atoms with Crippen molar-refractivity contribution < 1.29 is 19.2 Å². The van der Waals surface area contributed by atoms with E-state index in [1.54, 1.807) is 6.92 Å². The van der Waals surface area contributed by atoms with Gasteiger partial charge in [0.25, 0.3) is 5.69 Å². The van der Waals surface area contributed by atoms with Gasteiger partial charge in [-0.05, 0) is 25.5 Å². The highest BCUT2D eigenvalue weighted by Gasteiger charge is 2.31. The molecule has 0 spiro atoms. The van der Waals surface area contributed by atoms with Gasteiger partial charge in [0.2, 0.25) is 0 Å². The number of carboxylic acid groups (broad SMARTS) is 1. The molecule has 0 aromatic heterocycles. The Kier molecular flexibility index (Phi) is 4.42. The lowest BCUT2D eigenvalue weighted by molar-refractivity contribution is -0.384. The number of rotatable bonds is 6. The van der Waals surface area contributed by atoms with E-state index in [0.717, 1.165) is 12.1 Å². The molecule has 7 heteroatoms. The molecule has 0 fully saturated rings. The predicted molar refractivity (Wildman–Crippen MR) is 67.6 cm³/mol. The van der Waals surface area contributed by atoms with Gasteiger partial charge in [-0.25, -0.2) is 4.39 Å². The van der Waals surface area contributed by atoms with E-state index in [9.17, 15) is 19.3 Å². The lowest BCUT2D eigenvalue weighted by Crippen LogP contribution is -2.34. The van der Waals surface area contributed by atoms with Crippen LogP contribution in [0.4, 0.5) is 15.8 Å². The van der Waals surface area contributed by atoms with Crippen LogP contribution in [0.3, 0.4) is 0 Å². The van der Waals surface area contributed by atoms with Crippen LogP contribution >= 0.6 is 0 Å². The third kappa shape index (κ3) is 3.40. The zero-order chi connectivity index (χ0) is 14.6. The fourth-order valence-corrected chi connectivity index (χ4v) is 1.45. The molecule has 19 heavy (non-hydrogen) atoms. The van der Waals surface area contributed by atoms with Crippen LogP contribution in [0, 0.1) is 21.3 Å². The third-order valence-corrected chi connectivity index (χ3v) is 3.12. The molecule has 0 aliphatic carbocycles. The summed E-state index contributed by atoms with van der Waals surface area (Å²) in [6.45, 7) is 3.28. The van der Waals surface area contributed by atoms with E-state index < -0.39 is 27.8 Å². The van der Waals surface area contributed by atoms with Crippen molar-refractivity contribution >= 4 is 17.3 Å². The number of hydrogen-bond donors (Lipinski definition) is 2. The molecule has 1 rings (SSSR count). The molecular formula is C12H15FN2O4. The summed E-state index contributed by atoms with van der Waals surface area (Å²) in [4.78, 5) is 21.2. The first-order valence-electron chi connectivity index (χ1n) is 5.71. The molecular weight excluding hydrogens is 255 g/mol. The van der Waals surface area contributed by atoms with Gasteiger partial charge in [0.05, 0.1) is 16.4 Å². The number of aliphatic carboxylic acids is 1. The standard InChI is InChI=1S/C12H15FN2O4/c1-3-12(2,11(16)17)7-14-9-5-4-8(13)6-10(9)15(18)19/h4-6,14H,3,7H2,1-2H3,(H,16,17). The highest BCUT2D eigenvalue weighted by Crippen LogP contribution is 2.28. The molecule has 0 heterocycles. The van der Waals surface area contributed by atoms with Gasteiger partial charge in [-0.2, -0.15) is 0 Å². The maximum atomic E-state index is 12.9. The maximum Gasteiger partial charge on any atom is 0.311 e. The minimum absolute atomic E-state index is 0.0192. The Morgan fingerprint density at radius 2 is 2.21 bits per heavy atom. The molecule has 0 bridgehead atoms. The number of nitrogens with zero attached hydrogens (tertiary/aromatic N) is 1.